The third-order valence-corrected chi connectivity index (χ3v) is 3.67. The van der Waals surface area contributed by atoms with E-state index < -0.39 is 39.8 Å². The zero-order chi connectivity index (χ0) is 8.01. The van der Waals surface area contributed by atoms with Crippen molar-refractivity contribution in [2.75, 3.05) is 0 Å². The third kappa shape index (κ3) is 2.24. The van der Waals surface area contributed by atoms with Gasteiger partial charge in [0.15, 0.2) is 0 Å². The van der Waals surface area contributed by atoms with Crippen LogP contribution in [0.2, 0.25) is 0 Å². The minimum absolute atomic E-state index is 0. The predicted molar refractivity (Wildman–Crippen MR) is 30.2 cm³/mol. The Balaban J connectivity index is 0.000000720. The molecule has 2 heterocycles. The zero-order valence-electron chi connectivity index (χ0n) is 6.55. The normalized spacial score (nSPS) is 34.5. The number of hydrogen-bond donors (Lipinski definition) is 0. The summed E-state index contributed by atoms with van der Waals surface area (Å²) in [5.41, 5.74) is 0. The van der Waals surface area contributed by atoms with Gasteiger partial charge >= 0.3 is 95.3 Å². The van der Waals surface area contributed by atoms with Crippen molar-refractivity contribution in [2.24, 2.45) is 0 Å². The summed E-state index contributed by atoms with van der Waals surface area (Å²) in [5.74, 6) is -2.08. The van der Waals surface area contributed by atoms with Gasteiger partial charge in [-0.25, -0.2) is 0 Å². The molecule has 68 valence electrons. The van der Waals surface area contributed by atoms with Crippen LogP contribution in [-0.2, 0) is 20.8 Å². The van der Waals surface area contributed by atoms with E-state index in [1.165, 1.54) is 0 Å². The molecule has 0 aromatic heterocycles. The van der Waals surface area contributed by atoms with Crippen LogP contribution >= 0.6 is 0 Å². The number of carboxylic acids is 1. The summed E-state index contributed by atoms with van der Waals surface area (Å²) in [6.07, 6.45) is -2.34. The Labute approximate surface area is 100 Å². The van der Waals surface area contributed by atoms with Crippen molar-refractivity contribution < 1.29 is 60.9 Å². The van der Waals surface area contributed by atoms with Crippen LogP contribution in [0.25, 0.3) is 0 Å². The zero-order valence-corrected chi connectivity index (χ0v) is 10.4. The van der Waals surface area contributed by atoms with Gasteiger partial charge in [-0.3, -0.25) is 0 Å². The summed E-state index contributed by atoms with van der Waals surface area (Å²) >= 11 is -2.49. The van der Waals surface area contributed by atoms with Crippen LogP contribution in [0.15, 0.2) is 0 Å². The van der Waals surface area contributed by atoms with Gasteiger partial charge in [0.1, 0.15) is 0 Å². The molecule has 2 saturated heterocycles. The van der Waals surface area contributed by atoms with Crippen LogP contribution in [0, 0.1) is 0 Å². The van der Waals surface area contributed by atoms with Crippen LogP contribution in [0.1, 0.15) is 0 Å². The molecule has 2 fully saturated rings. The molecule has 2 bridgehead atoms. The minimum atomic E-state index is -2.49. The van der Waals surface area contributed by atoms with E-state index in [-0.39, 0.29) is 35.0 Å². The summed E-state index contributed by atoms with van der Waals surface area (Å²) in [6.45, 7) is 0. The van der Waals surface area contributed by atoms with E-state index in [1.807, 2.05) is 0 Å². The van der Waals surface area contributed by atoms with Gasteiger partial charge in [0.2, 0.25) is 0 Å². The van der Waals surface area contributed by atoms with Gasteiger partial charge < -0.3 is 5.48 Å². The summed E-state index contributed by atoms with van der Waals surface area (Å²) in [5, 5.41) is 10.2. The molecule has 3 atom stereocenters. The maximum absolute atomic E-state index is 10.7. The van der Waals surface area contributed by atoms with E-state index in [1.54, 1.807) is 0 Å². The molecule has 0 radical (unpaired) electrons. The summed E-state index contributed by atoms with van der Waals surface area (Å²) in [7, 11) is 0. The van der Waals surface area contributed by atoms with Gasteiger partial charge in [-0.2, -0.15) is 0 Å². The van der Waals surface area contributed by atoms with Crippen LogP contribution in [0.3, 0.4) is 0 Å². The van der Waals surface area contributed by atoms with E-state index in [0.717, 1.165) is 0 Å². The molecular weight excluding hydrogens is 258 g/mol. The van der Waals surface area contributed by atoms with Crippen molar-refractivity contribution in [3.05, 3.63) is 0 Å². The molecule has 9 heteroatoms. The van der Waals surface area contributed by atoms with Crippen molar-refractivity contribution in [3.63, 3.8) is 0 Å². The fourth-order valence-corrected chi connectivity index (χ4v) is 3.24. The predicted octanol–water partition coefficient (Wildman–Crippen LogP) is -6.76. The molecule has 7 nitrogen and oxygen atoms in total. The van der Waals surface area contributed by atoms with Crippen molar-refractivity contribution in [1.82, 2.24) is 0 Å². The monoisotopic (exact) mass is 262 g/mol. The largest absolute Gasteiger partial charge is 1.00 e. The van der Waals surface area contributed by atoms with Gasteiger partial charge in [0, 0.05) is 0 Å². The summed E-state index contributed by atoms with van der Waals surface area (Å²) < 4.78 is 14.0. The van der Waals surface area contributed by atoms with E-state index in [2.05, 4.69) is 3.73 Å². The van der Waals surface area contributed by atoms with Crippen molar-refractivity contribution in [1.29, 1.82) is 0 Å². The Hall–Kier alpha value is 0.378. The molecule has 0 spiro atoms. The molecule has 2 N–H and O–H groups in total. The fraction of sp³-hybridized carbons (Fsp3) is 0.500. The molecule has 2 aliphatic heterocycles. The number of hydrogen-bond acceptors (Lipinski definition) is 6. The van der Waals surface area contributed by atoms with Crippen LogP contribution in [0.5, 0.6) is 0 Å². The number of fused-ring (bicyclic) bond motifs is 2. The second-order valence-electron chi connectivity index (χ2n) is 2.00. The van der Waals surface area contributed by atoms with E-state index in [9.17, 15) is 14.7 Å². The van der Waals surface area contributed by atoms with Gasteiger partial charge in [-0.15, -0.1) is 0 Å². The molecule has 2 aliphatic rings. The Kier molecular flexibility index (Phi) is 4.88. The Morgan fingerprint density at radius 3 is 2.38 bits per heavy atom. The quantitative estimate of drug-likeness (QED) is 0.433. The number of carbonyl (C=O) groups excluding carboxylic acids is 2. The molecule has 0 aromatic rings. The molecule has 3 unspecified atom stereocenters. The van der Waals surface area contributed by atoms with Crippen LogP contribution in [0.4, 0.5) is 0 Å². The SMILES string of the molecule is O.O=C([O-])C1O[As]2OC(=O)C1O2.[Na+]. The van der Waals surface area contributed by atoms with Crippen molar-refractivity contribution in [3.8, 4) is 0 Å². The first-order valence-electron chi connectivity index (χ1n) is 2.75. The van der Waals surface area contributed by atoms with Gasteiger partial charge in [0.25, 0.3) is 0 Å². The first-order chi connectivity index (χ1) is 5.18. The average Bonchev–Trinajstić information content (AvgIpc) is 2.43. The smallest absolute Gasteiger partial charge is 1.00 e. The second-order valence-corrected chi connectivity index (χ2v) is 4.21. The molecule has 0 saturated carbocycles. The maximum Gasteiger partial charge on any atom is 1.00 e. The standard InChI is InChI=1S/C4H3AsO6.Na.H2O/c6-3(7)1-2-4(8)11-5(9-1)10-2;;/h1-2H,(H,6,7);;1H2/q;+1;/p-1. The number of carboxylic acid groups (broad SMARTS) is 1. The summed E-state index contributed by atoms with van der Waals surface area (Å²) in [4.78, 5) is 20.9. The first kappa shape index (κ1) is 13.4. The van der Waals surface area contributed by atoms with Gasteiger partial charge in [-0.1, -0.05) is 0 Å². The van der Waals surface area contributed by atoms with Crippen molar-refractivity contribution in [2.45, 2.75) is 12.2 Å². The molecule has 0 amide bonds. The van der Waals surface area contributed by atoms with E-state index >= 15 is 0 Å². The molecule has 0 aromatic carbocycles. The molecular formula is C4H4AsNaO7. The van der Waals surface area contributed by atoms with Gasteiger partial charge in [-0.05, 0) is 0 Å². The van der Waals surface area contributed by atoms with Crippen LogP contribution < -0.4 is 34.7 Å². The van der Waals surface area contributed by atoms with E-state index in [0.29, 0.717) is 0 Å². The fourth-order valence-electron chi connectivity index (χ4n) is 0.823. The van der Waals surface area contributed by atoms with Crippen molar-refractivity contribution >= 4 is 27.6 Å². The maximum atomic E-state index is 10.7. The Morgan fingerprint density at radius 2 is 2.08 bits per heavy atom. The second kappa shape index (κ2) is 4.74. The number of aliphatic carboxylic acids is 1. The average molecular weight is 262 g/mol. The van der Waals surface area contributed by atoms with Crippen LogP contribution in [-0.4, -0.2) is 45.3 Å². The Bertz CT molecular complexity index is 233. The molecule has 13 heavy (non-hydrogen) atoms. The Morgan fingerprint density at radius 1 is 1.46 bits per heavy atom. The molecule has 0 aliphatic carbocycles. The minimum Gasteiger partial charge on any atom is 1.00 e. The number of carbonyl (C=O) groups is 2. The van der Waals surface area contributed by atoms with Gasteiger partial charge in [0.05, 0.1) is 0 Å². The summed E-state index contributed by atoms with van der Waals surface area (Å²) in [6, 6.07) is 0. The van der Waals surface area contributed by atoms with E-state index in [4.69, 9.17) is 7.45 Å². The third-order valence-electron chi connectivity index (χ3n) is 1.30. The topological polar surface area (TPSA) is 116 Å². The first-order valence-corrected chi connectivity index (χ1v) is 5.04. The number of rotatable bonds is 1. The molecule has 2 rings (SSSR count).